The summed E-state index contributed by atoms with van der Waals surface area (Å²) in [4.78, 5) is 14.6. The fourth-order valence-corrected chi connectivity index (χ4v) is 3.26. The average molecular weight is 335 g/mol. The number of fused-ring (bicyclic) bond motifs is 1. The fourth-order valence-electron chi connectivity index (χ4n) is 3.26. The summed E-state index contributed by atoms with van der Waals surface area (Å²) in [6.07, 6.45) is 3.91. The molecule has 0 bridgehead atoms. The Bertz CT molecular complexity index is 867. The van der Waals surface area contributed by atoms with Gasteiger partial charge in [-0.2, -0.15) is 5.26 Å². The third-order valence-corrected chi connectivity index (χ3v) is 4.51. The summed E-state index contributed by atoms with van der Waals surface area (Å²) in [5.74, 6) is 0.289. The lowest BCUT2D eigenvalue weighted by Crippen LogP contribution is -2.31. The minimum atomic E-state index is -0.434. The number of anilines is 1. The zero-order chi connectivity index (χ0) is 17.8. The zero-order valence-electron chi connectivity index (χ0n) is 14.2. The number of carbonyl (C=O) groups excluding carboxylic acids is 1. The molecule has 1 unspecified atom stereocenters. The number of nitrogens with one attached hydrogen (secondary N) is 1. The summed E-state index contributed by atoms with van der Waals surface area (Å²) in [5.41, 5.74) is 0.665. The lowest BCUT2D eigenvalue weighted by molar-refractivity contribution is -0.112. The SMILES string of the molecule is CC1CCCN(/C=C(/C#N)C(=O)Nc2cccc3c(O)cccc23)C1. The number of carbonyl (C=O) groups is 1. The topological polar surface area (TPSA) is 76.4 Å². The fraction of sp³-hybridized carbons (Fsp3) is 0.300. The molecule has 1 aliphatic heterocycles. The molecule has 1 saturated heterocycles. The lowest BCUT2D eigenvalue weighted by Gasteiger charge is -2.29. The molecule has 5 nitrogen and oxygen atoms in total. The van der Waals surface area contributed by atoms with Crippen LogP contribution in [-0.2, 0) is 4.79 Å². The van der Waals surface area contributed by atoms with E-state index in [1.54, 1.807) is 36.5 Å². The Kier molecular flexibility index (Phi) is 4.90. The van der Waals surface area contributed by atoms with Crippen LogP contribution in [0.25, 0.3) is 10.8 Å². The number of aromatic hydroxyl groups is 1. The van der Waals surface area contributed by atoms with Crippen LogP contribution in [0.1, 0.15) is 19.8 Å². The largest absolute Gasteiger partial charge is 0.507 e. The van der Waals surface area contributed by atoms with Gasteiger partial charge in [-0.3, -0.25) is 4.79 Å². The maximum atomic E-state index is 12.5. The summed E-state index contributed by atoms with van der Waals surface area (Å²) in [7, 11) is 0. The first kappa shape index (κ1) is 16.8. The molecule has 3 rings (SSSR count). The van der Waals surface area contributed by atoms with E-state index in [9.17, 15) is 15.2 Å². The van der Waals surface area contributed by atoms with Crippen molar-refractivity contribution in [2.75, 3.05) is 18.4 Å². The van der Waals surface area contributed by atoms with Crippen molar-refractivity contribution in [3.05, 3.63) is 48.2 Å². The summed E-state index contributed by atoms with van der Waals surface area (Å²) in [5, 5.41) is 23.5. The van der Waals surface area contributed by atoms with Gasteiger partial charge < -0.3 is 15.3 Å². The predicted molar refractivity (Wildman–Crippen MR) is 97.9 cm³/mol. The van der Waals surface area contributed by atoms with Crippen LogP contribution < -0.4 is 5.32 Å². The Balaban J connectivity index is 1.84. The number of likely N-dealkylation sites (tertiary alicyclic amines) is 1. The lowest BCUT2D eigenvalue weighted by atomic mass is 10.0. The maximum absolute atomic E-state index is 12.5. The highest BCUT2D eigenvalue weighted by molar-refractivity contribution is 6.11. The van der Waals surface area contributed by atoms with Crippen LogP contribution in [0.2, 0.25) is 0 Å². The number of amides is 1. The third-order valence-electron chi connectivity index (χ3n) is 4.51. The summed E-state index contributed by atoms with van der Waals surface area (Å²) in [6, 6.07) is 12.5. The van der Waals surface area contributed by atoms with Crippen molar-refractivity contribution >= 4 is 22.4 Å². The third kappa shape index (κ3) is 3.74. The molecule has 0 radical (unpaired) electrons. The van der Waals surface area contributed by atoms with E-state index in [2.05, 4.69) is 12.2 Å². The molecule has 0 saturated carbocycles. The molecule has 128 valence electrons. The first-order valence-electron chi connectivity index (χ1n) is 8.46. The summed E-state index contributed by atoms with van der Waals surface area (Å²) in [6.45, 7) is 3.90. The van der Waals surface area contributed by atoms with Gasteiger partial charge in [-0.25, -0.2) is 0 Å². The molecule has 2 aromatic carbocycles. The Labute approximate surface area is 147 Å². The minimum Gasteiger partial charge on any atom is -0.507 e. The van der Waals surface area contributed by atoms with Crippen molar-refractivity contribution in [1.29, 1.82) is 5.26 Å². The zero-order valence-corrected chi connectivity index (χ0v) is 14.2. The number of nitrogens with zero attached hydrogens (tertiary/aromatic N) is 2. The molecule has 2 N–H and O–H groups in total. The standard InChI is InChI=1S/C20H21N3O2/c1-14-5-4-10-23(12-14)13-15(11-21)20(25)22-18-8-2-7-17-16(18)6-3-9-19(17)24/h2-3,6-9,13-14,24H,4-5,10,12H2,1H3,(H,22,25)/b15-13-. The molecule has 2 aromatic rings. The number of benzene rings is 2. The molecule has 1 amide bonds. The van der Waals surface area contributed by atoms with Crippen LogP contribution in [0.15, 0.2) is 48.2 Å². The van der Waals surface area contributed by atoms with E-state index in [1.807, 2.05) is 17.0 Å². The number of piperidine rings is 1. The quantitative estimate of drug-likeness (QED) is 0.663. The van der Waals surface area contributed by atoms with E-state index in [-0.39, 0.29) is 11.3 Å². The van der Waals surface area contributed by atoms with Gasteiger partial charge in [-0.1, -0.05) is 31.2 Å². The second-order valence-corrected chi connectivity index (χ2v) is 6.53. The highest BCUT2D eigenvalue weighted by Crippen LogP contribution is 2.30. The maximum Gasteiger partial charge on any atom is 0.267 e. The number of phenolic OH excluding ortho intramolecular Hbond substituents is 1. The molecule has 5 heteroatoms. The van der Waals surface area contributed by atoms with Gasteiger partial charge >= 0.3 is 0 Å². The minimum absolute atomic E-state index is 0.0891. The molecule has 1 fully saturated rings. The van der Waals surface area contributed by atoms with E-state index in [0.29, 0.717) is 17.0 Å². The van der Waals surface area contributed by atoms with Gasteiger partial charge in [-0.05, 0) is 30.9 Å². The van der Waals surface area contributed by atoms with Crippen LogP contribution in [-0.4, -0.2) is 29.0 Å². The molecule has 1 aliphatic rings. The van der Waals surface area contributed by atoms with Crippen molar-refractivity contribution in [3.63, 3.8) is 0 Å². The molecule has 1 atom stereocenters. The van der Waals surface area contributed by atoms with Gasteiger partial charge in [0.15, 0.2) is 0 Å². The molecule has 0 spiro atoms. The van der Waals surface area contributed by atoms with Gasteiger partial charge in [0, 0.05) is 35.7 Å². The Morgan fingerprint density at radius 2 is 2.08 bits per heavy atom. The smallest absolute Gasteiger partial charge is 0.267 e. The molecule has 0 aromatic heterocycles. The van der Waals surface area contributed by atoms with Crippen molar-refractivity contribution in [2.45, 2.75) is 19.8 Å². The van der Waals surface area contributed by atoms with Gasteiger partial charge in [-0.15, -0.1) is 0 Å². The van der Waals surface area contributed by atoms with E-state index in [1.165, 1.54) is 6.42 Å². The van der Waals surface area contributed by atoms with Crippen LogP contribution >= 0.6 is 0 Å². The molecule has 25 heavy (non-hydrogen) atoms. The monoisotopic (exact) mass is 335 g/mol. The van der Waals surface area contributed by atoms with Crippen LogP contribution in [0.3, 0.4) is 0 Å². The highest BCUT2D eigenvalue weighted by Gasteiger charge is 2.17. The number of hydrogen-bond donors (Lipinski definition) is 2. The number of hydrogen-bond acceptors (Lipinski definition) is 4. The summed E-state index contributed by atoms with van der Waals surface area (Å²) < 4.78 is 0. The van der Waals surface area contributed by atoms with E-state index >= 15 is 0 Å². The van der Waals surface area contributed by atoms with Gasteiger partial charge in [0.2, 0.25) is 0 Å². The highest BCUT2D eigenvalue weighted by atomic mass is 16.3. The van der Waals surface area contributed by atoms with Crippen LogP contribution in [0.4, 0.5) is 5.69 Å². The van der Waals surface area contributed by atoms with Gasteiger partial charge in [0.05, 0.1) is 0 Å². The van der Waals surface area contributed by atoms with Crippen molar-refractivity contribution in [1.82, 2.24) is 4.90 Å². The Hall–Kier alpha value is -3.00. The molecular weight excluding hydrogens is 314 g/mol. The van der Waals surface area contributed by atoms with Crippen molar-refractivity contribution in [3.8, 4) is 11.8 Å². The van der Waals surface area contributed by atoms with E-state index < -0.39 is 5.91 Å². The number of rotatable bonds is 3. The average Bonchev–Trinajstić information content (AvgIpc) is 2.60. The van der Waals surface area contributed by atoms with E-state index in [4.69, 9.17) is 0 Å². The van der Waals surface area contributed by atoms with Gasteiger partial charge in [0.25, 0.3) is 5.91 Å². The molecule has 1 heterocycles. The van der Waals surface area contributed by atoms with Crippen LogP contribution in [0.5, 0.6) is 5.75 Å². The predicted octanol–water partition coefficient (Wildman–Crippen LogP) is 3.62. The molecular formula is C20H21N3O2. The number of phenols is 1. The first-order valence-corrected chi connectivity index (χ1v) is 8.46. The van der Waals surface area contributed by atoms with Crippen LogP contribution in [0, 0.1) is 17.2 Å². The van der Waals surface area contributed by atoms with E-state index in [0.717, 1.165) is 24.9 Å². The van der Waals surface area contributed by atoms with Crippen molar-refractivity contribution in [2.24, 2.45) is 5.92 Å². The number of nitriles is 1. The Morgan fingerprint density at radius 3 is 2.84 bits per heavy atom. The summed E-state index contributed by atoms with van der Waals surface area (Å²) >= 11 is 0. The second-order valence-electron chi connectivity index (χ2n) is 6.53. The van der Waals surface area contributed by atoms with Gasteiger partial charge in [0.1, 0.15) is 17.4 Å². The normalized spacial score (nSPS) is 18.0. The van der Waals surface area contributed by atoms with Crippen molar-refractivity contribution < 1.29 is 9.90 Å². The Morgan fingerprint density at radius 1 is 1.32 bits per heavy atom. The molecule has 0 aliphatic carbocycles. The second kappa shape index (κ2) is 7.27. The first-order chi connectivity index (χ1) is 12.1.